The molecule has 0 amide bonds. The number of carbonyl (C=O) groups excluding carboxylic acids is 2. The zero-order valence-corrected chi connectivity index (χ0v) is 12.6. The van der Waals surface area contributed by atoms with Gasteiger partial charge in [0.15, 0.2) is 0 Å². The Balaban J connectivity index is 2.13. The minimum atomic E-state index is -0.280. The van der Waals surface area contributed by atoms with Crippen LogP contribution in [0.5, 0.6) is 0 Å². The molecule has 4 heteroatoms. The van der Waals surface area contributed by atoms with E-state index in [4.69, 9.17) is 4.74 Å². The van der Waals surface area contributed by atoms with Crippen molar-refractivity contribution in [3.05, 3.63) is 65.7 Å². The van der Waals surface area contributed by atoms with Crippen LogP contribution in [-0.4, -0.2) is 17.7 Å². The van der Waals surface area contributed by atoms with Crippen molar-refractivity contribution < 1.29 is 14.3 Å². The van der Waals surface area contributed by atoms with Crippen LogP contribution in [0.25, 0.3) is 0 Å². The van der Waals surface area contributed by atoms with Crippen molar-refractivity contribution in [3.63, 3.8) is 0 Å². The number of thioether (sulfide) groups is 1. The molecule has 21 heavy (non-hydrogen) atoms. The molecule has 0 heterocycles. The summed E-state index contributed by atoms with van der Waals surface area (Å²) in [5.74, 6) is -0.280. The van der Waals surface area contributed by atoms with Crippen molar-refractivity contribution in [2.24, 2.45) is 0 Å². The number of benzene rings is 2. The highest BCUT2D eigenvalue weighted by atomic mass is 32.2. The Bertz CT molecular complexity index is 623. The second-order valence-corrected chi connectivity index (χ2v) is 5.36. The van der Waals surface area contributed by atoms with Gasteiger partial charge in [0.25, 0.3) is 0 Å². The number of esters is 1. The SMILES string of the molecule is CCOC(=O)Cc1ccccc1SC(=O)c1ccccc1. The van der Waals surface area contributed by atoms with Gasteiger partial charge in [-0.2, -0.15) is 0 Å². The van der Waals surface area contributed by atoms with Gasteiger partial charge in [-0.1, -0.05) is 48.5 Å². The summed E-state index contributed by atoms with van der Waals surface area (Å²) in [6.07, 6.45) is 0.180. The topological polar surface area (TPSA) is 43.4 Å². The summed E-state index contributed by atoms with van der Waals surface area (Å²) >= 11 is 1.14. The molecule has 0 spiro atoms. The first-order chi connectivity index (χ1) is 10.2. The Morgan fingerprint density at radius 3 is 2.38 bits per heavy atom. The van der Waals surface area contributed by atoms with Crippen molar-refractivity contribution in [2.45, 2.75) is 18.2 Å². The largest absolute Gasteiger partial charge is 0.466 e. The molecule has 0 aliphatic heterocycles. The molecule has 0 saturated carbocycles. The molecule has 0 aromatic heterocycles. The van der Waals surface area contributed by atoms with E-state index >= 15 is 0 Å². The highest BCUT2D eigenvalue weighted by molar-refractivity contribution is 8.14. The lowest BCUT2D eigenvalue weighted by atomic mass is 10.1. The van der Waals surface area contributed by atoms with Crippen molar-refractivity contribution in [1.82, 2.24) is 0 Å². The van der Waals surface area contributed by atoms with Crippen molar-refractivity contribution >= 4 is 22.8 Å². The van der Waals surface area contributed by atoms with Gasteiger partial charge >= 0.3 is 5.97 Å². The van der Waals surface area contributed by atoms with E-state index in [9.17, 15) is 9.59 Å². The molecule has 0 bridgehead atoms. The number of carbonyl (C=O) groups is 2. The van der Waals surface area contributed by atoms with Gasteiger partial charge in [0.1, 0.15) is 0 Å². The smallest absolute Gasteiger partial charge is 0.310 e. The zero-order valence-electron chi connectivity index (χ0n) is 11.7. The molecule has 0 atom stereocenters. The van der Waals surface area contributed by atoms with Crippen LogP contribution in [0.2, 0.25) is 0 Å². The first-order valence-corrected chi connectivity index (χ1v) is 7.53. The van der Waals surface area contributed by atoms with Gasteiger partial charge in [-0.05, 0) is 30.3 Å². The average Bonchev–Trinajstić information content (AvgIpc) is 2.50. The fourth-order valence-corrected chi connectivity index (χ4v) is 2.72. The number of hydrogen-bond acceptors (Lipinski definition) is 4. The van der Waals surface area contributed by atoms with Crippen molar-refractivity contribution in [3.8, 4) is 0 Å². The summed E-state index contributed by atoms with van der Waals surface area (Å²) in [6, 6.07) is 16.5. The van der Waals surface area contributed by atoms with E-state index in [1.807, 2.05) is 42.5 Å². The zero-order chi connectivity index (χ0) is 15.1. The van der Waals surface area contributed by atoms with Gasteiger partial charge < -0.3 is 4.74 Å². The van der Waals surface area contributed by atoms with Crippen molar-refractivity contribution in [2.75, 3.05) is 6.61 Å². The quantitative estimate of drug-likeness (QED) is 0.623. The van der Waals surface area contributed by atoms with Crippen LogP contribution in [0, 0.1) is 0 Å². The number of ether oxygens (including phenoxy) is 1. The molecule has 3 nitrogen and oxygen atoms in total. The third-order valence-corrected chi connectivity index (χ3v) is 3.86. The maximum Gasteiger partial charge on any atom is 0.310 e. The Kier molecular flexibility index (Phi) is 5.58. The molecule has 0 aliphatic rings. The molecule has 0 N–H and O–H groups in total. The van der Waals surface area contributed by atoms with Crippen LogP contribution in [0.1, 0.15) is 22.8 Å². The van der Waals surface area contributed by atoms with E-state index < -0.39 is 0 Å². The maximum atomic E-state index is 12.2. The molecule has 0 unspecified atom stereocenters. The fourth-order valence-electron chi connectivity index (χ4n) is 1.85. The Hall–Kier alpha value is -2.07. The monoisotopic (exact) mass is 300 g/mol. The van der Waals surface area contributed by atoms with Crippen LogP contribution in [0.3, 0.4) is 0 Å². The first-order valence-electron chi connectivity index (χ1n) is 6.71. The number of hydrogen-bond donors (Lipinski definition) is 0. The Morgan fingerprint density at radius 2 is 1.67 bits per heavy atom. The molecule has 0 fully saturated rings. The standard InChI is InChI=1S/C17H16O3S/c1-2-20-16(18)12-14-10-6-7-11-15(14)21-17(19)13-8-4-3-5-9-13/h3-11H,2,12H2,1H3. The van der Waals surface area contributed by atoms with Gasteiger partial charge in [-0.15, -0.1) is 0 Å². The molecular formula is C17H16O3S. The fraction of sp³-hybridized carbons (Fsp3) is 0.176. The summed E-state index contributed by atoms with van der Waals surface area (Å²) in [7, 11) is 0. The number of rotatable bonds is 5. The van der Waals surface area contributed by atoms with Crippen LogP contribution >= 0.6 is 11.8 Å². The Morgan fingerprint density at radius 1 is 1.00 bits per heavy atom. The summed E-state index contributed by atoms with van der Waals surface area (Å²) in [4.78, 5) is 24.6. The van der Waals surface area contributed by atoms with Crippen LogP contribution in [0.15, 0.2) is 59.5 Å². The van der Waals surface area contributed by atoms with Gasteiger partial charge in [-0.25, -0.2) is 0 Å². The van der Waals surface area contributed by atoms with E-state index in [1.165, 1.54) is 0 Å². The molecule has 2 aromatic rings. The van der Waals surface area contributed by atoms with Gasteiger partial charge in [-0.3, -0.25) is 9.59 Å². The van der Waals surface area contributed by atoms with E-state index in [0.29, 0.717) is 12.2 Å². The summed E-state index contributed by atoms with van der Waals surface area (Å²) in [5, 5.41) is -0.0353. The van der Waals surface area contributed by atoms with E-state index in [-0.39, 0.29) is 17.5 Å². The first kappa shape index (κ1) is 15.3. The lowest BCUT2D eigenvalue weighted by Gasteiger charge is -2.08. The van der Waals surface area contributed by atoms with Gasteiger partial charge in [0.05, 0.1) is 13.0 Å². The average molecular weight is 300 g/mol. The lowest BCUT2D eigenvalue weighted by Crippen LogP contribution is -2.08. The van der Waals surface area contributed by atoms with Crippen molar-refractivity contribution in [1.29, 1.82) is 0 Å². The van der Waals surface area contributed by atoms with Gasteiger partial charge in [0.2, 0.25) is 5.12 Å². The van der Waals surface area contributed by atoms with Gasteiger partial charge in [0, 0.05) is 10.5 Å². The highest BCUT2D eigenvalue weighted by Crippen LogP contribution is 2.26. The minimum Gasteiger partial charge on any atom is -0.466 e. The molecule has 0 aliphatic carbocycles. The lowest BCUT2D eigenvalue weighted by molar-refractivity contribution is -0.142. The maximum absolute atomic E-state index is 12.2. The second kappa shape index (κ2) is 7.64. The second-order valence-electron chi connectivity index (χ2n) is 4.35. The third kappa shape index (κ3) is 4.46. The molecular weight excluding hydrogens is 284 g/mol. The highest BCUT2D eigenvalue weighted by Gasteiger charge is 2.13. The van der Waals surface area contributed by atoms with E-state index in [0.717, 1.165) is 22.2 Å². The molecule has 2 rings (SSSR count). The molecule has 2 aromatic carbocycles. The normalized spacial score (nSPS) is 10.1. The molecule has 108 valence electrons. The molecule has 0 radical (unpaired) electrons. The van der Waals surface area contributed by atoms with E-state index in [1.54, 1.807) is 19.1 Å². The Labute approximate surface area is 128 Å². The summed E-state index contributed by atoms with van der Waals surface area (Å²) < 4.78 is 4.96. The minimum absolute atomic E-state index is 0.0353. The predicted octanol–water partition coefficient (Wildman–Crippen LogP) is 3.72. The van der Waals surface area contributed by atoms with E-state index in [2.05, 4.69) is 0 Å². The summed E-state index contributed by atoms with van der Waals surface area (Å²) in [6.45, 7) is 2.13. The third-order valence-electron chi connectivity index (χ3n) is 2.82. The van der Waals surface area contributed by atoms with Crippen LogP contribution < -0.4 is 0 Å². The summed E-state index contributed by atoms with van der Waals surface area (Å²) in [5.41, 5.74) is 1.46. The predicted molar refractivity (Wildman–Crippen MR) is 83.4 cm³/mol. The van der Waals surface area contributed by atoms with Crippen LogP contribution in [0.4, 0.5) is 0 Å². The molecule has 0 saturated heterocycles. The van der Waals surface area contributed by atoms with Crippen LogP contribution in [-0.2, 0) is 16.0 Å².